The molecule has 2 aromatic heterocycles. The van der Waals surface area contributed by atoms with Crippen LogP contribution in [0.25, 0.3) is 16.8 Å². The maximum atomic E-state index is 6.04. The van der Waals surface area contributed by atoms with Gasteiger partial charge in [0, 0.05) is 5.69 Å². The number of benzene rings is 2. The fourth-order valence-electron chi connectivity index (χ4n) is 2.30. The molecule has 5 nitrogen and oxygen atoms in total. The van der Waals surface area contributed by atoms with Crippen molar-refractivity contribution >= 4 is 22.7 Å². The van der Waals surface area contributed by atoms with E-state index in [1.165, 1.54) is 0 Å². The van der Waals surface area contributed by atoms with Crippen LogP contribution in [0.5, 0.6) is 5.75 Å². The van der Waals surface area contributed by atoms with E-state index in [2.05, 4.69) is 9.97 Å². The van der Waals surface area contributed by atoms with E-state index in [9.17, 15) is 0 Å². The molecule has 0 aliphatic rings. The Bertz CT molecular complexity index is 911. The third-order valence-corrected chi connectivity index (χ3v) is 3.69. The Balaban J connectivity index is 1.48. The van der Waals surface area contributed by atoms with E-state index in [0.29, 0.717) is 11.0 Å². The summed E-state index contributed by atoms with van der Waals surface area (Å²) in [6, 6.07) is 15.2. The van der Waals surface area contributed by atoms with E-state index in [1.807, 2.05) is 48.5 Å². The van der Waals surface area contributed by atoms with Gasteiger partial charge in [-0.25, -0.2) is 9.97 Å². The van der Waals surface area contributed by atoms with Crippen LogP contribution in [0.15, 0.2) is 65.5 Å². The summed E-state index contributed by atoms with van der Waals surface area (Å²) in [6.45, 7) is 0.278. The highest BCUT2D eigenvalue weighted by molar-refractivity contribution is 6.29. The second-order valence-electron chi connectivity index (χ2n) is 4.94. The average Bonchev–Trinajstić information content (AvgIpc) is 3.19. The lowest BCUT2D eigenvalue weighted by atomic mass is 10.3. The molecule has 0 fully saturated rings. The minimum absolute atomic E-state index is 0.278. The van der Waals surface area contributed by atoms with Crippen molar-refractivity contribution in [3.63, 3.8) is 0 Å². The van der Waals surface area contributed by atoms with Gasteiger partial charge in [-0.2, -0.15) is 0 Å². The standard InChI is InChI=1S/C17H12ClN3O2/c18-16-9-19-11-21(16)12-5-7-13(8-6-12)22-10-17-20-14-3-1-2-4-15(14)23-17/h1-9,11H,10H2. The number of rotatable bonds is 4. The maximum Gasteiger partial charge on any atom is 0.233 e. The molecule has 0 atom stereocenters. The largest absolute Gasteiger partial charge is 0.484 e. The van der Waals surface area contributed by atoms with E-state index >= 15 is 0 Å². The van der Waals surface area contributed by atoms with Gasteiger partial charge in [-0.1, -0.05) is 23.7 Å². The summed E-state index contributed by atoms with van der Waals surface area (Å²) in [5.41, 5.74) is 2.51. The molecule has 0 amide bonds. The van der Waals surface area contributed by atoms with Crippen LogP contribution in [0.2, 0.25) is 5.15 Å². The number of halogens is 1. The van der Waals surface area contributed by atoms with Crippen LogP contribution in [0.4, 0.5) is 0 Å². The van der Waals surface area contributed by atoms with E-state index < -0.39 is 0 Å². The quantitative estimate of drug-likeness (QED) is 0.563. The van der Waals surface area contributed by atoms with Crippen LogP contribution in [-0.4, -0.2) is 14.5 Å². The number of hydrogen-bond donors (Lipinski definition) is 0. The molecular formula is C17H12ClN3O2. The molecule has 0 saturated carbocycles. The van der Waals surface area contributed by atoms with Crippen molar-refractivity contribution in [2.24, 2.45) is 0 Å². The molecule has 4 rings (SSSR count). The van der Waals surface area contributed by atoms with Crippen molar-refractivity contribution in [2.75, 3.05) is 0 Å². The molecule has 2 heterocycles. The second-order valence-corrected chi connectivity index (χ2v) is 5.33. The van der Waals surface area contributed by atoms with Crippen LogP contribution in [-0.2, 0) is 6.61 Å². The van der Waals surface area contributed by atoms with Crippen molar-refractivity contribution in [1.29, 1.82) is 0 Å². The Morgan fingerprint density at radius 2 is 1.91 bits per heavy atom. The zero-order valence-corrected chi connectivity index (χ0v) is 12.8. The lowest BCUT2D eigenvalue weighted by Crippen LogP contribution is -1.96. The molecule has 0 aliphatic carbocycles. The molecule has 23 heavy (non-hydrogen) atoms. The summed E-state index contributed by atoms with van der Waals surface area (Å²) in [6.07, 6.45) is 3.26. The molecule has 114 valence electrons. The first-order chi connectivity index (χ1) is 11.3. The van der Waals surface area contributed by atoms with Gasteiger partial charge >= 0.3 is 0 Å². The predicted octanol–water partition coefficient (Wildman–Crippen LogP) is 4.25. The van der Waals surface area contributed by atoms with E-state index in [4.69, 9.17) is 20.8 Å². The molecule has 2 aromatic carbocycles. The van der Waals surface area contributed by atoms with Crippen LogP contribution in [0.1, 0.15) is 5.89 Å². The first kappa shape index (κ1) is 13.8. The normalized spacial score (nSPS) is 11.0. The number of aromatic nitrogens is 3. The van der Waals surface area contributed by atoms with Crippen molar-refractivity contribution in [2.45, 2.75) is 6.61 Å². The molecule has 0 saturated heterocycles. The molecular weight excluding hydrogens is 314 g/mol. The zero-order chi connectivity index (χ0) is 15.6. The van der Waals surface area contributed by atoms with Gasteiger partial charge in [0.1, 0.15) is 22.7 Å². The SMILES string of the molecule is Clc1cncn1-c1ccc(OCc2nc3ccccc3o2)cc1. The Kier molecular flexibility index (Phi) is 3.48. The number of oxazole rings is 1. The van der Waals surface area contributed by atoms with Gasteiger partial charge < -0.3 is 9.15 Å². The zero-order valence-electron chi connectivity index (χ0n) is 12.0. The number of nitrogens with zero attached hydrogens (tertiary/aromatic N) is 3. The lowest BCUT2D eigenvalue weighted by molar-refractivity contribution is 0.267. The Hall–Kier alpha value is -2.79. The van der Waals surface area contributed by atoms with E-state index in [0.717, 1.165) is 22.5 Å². The average molecular weight is 326 g/mol. The summed E-state index contributed by atoms with van der Waals surface area (Å²) >= 11 is 6.04. The first-order valence-electron chi connectivity index (χ1n) is 7.05. The molecule has 0 radical (unpaired) electrons. The van der Waals surface area contributed by atoms with Crippen LogP contribution in [0, 0.1) is 0 Å². The minimum atomic E-state index is 0.278. The van der Waals surface area contributed by atoms with Gasteiger partial charge in [0.2, 0.25) is 5.89 Å². The van der Waals surface area contributed by atoms with Gasteiger partial charge in [-0.3, -0.25) is 4.57 Å². The molecule has 0 spiro atoms. The third kappa shape index (κ3) is 2.78. The Labute approximate surface area is 137 Å². The predicted molar refractivity (Wildman–Crippen MR) is 86.9 cm³/mol. The maximum absolute atomic E-state index is 6.04. The molecule has 0 unspecified atom stereocenters. The fraction of sp³-hybridized carbons (Fsp3) is 0.0588. The van der Waals surface area contributed by atoms with Crippen molar-refractivity contribution in [3.05, 3.63) is 72.1 Å². The highest BCUT2D eigenvalue weighted by Gasteiger charge is 2.06. The van der Waals surface area contributed by atoms with Gasteiger partial charge in [0.05, 0.1) is 6.20 Å². The Morgan fingerprint density at radius 1 is 1.09 bits per heavy atom. The molecule has 0 N–H and O–H groups in total. The topological polar surface area (TPSA) is 53.1 Å². The number of hydrogen-bond acceptors (Lipinski definition) is 4. The summed E-state index contributed by atoms with van der Waals surface area (Å²) < 4.78 is 13.1. The van der Waals surface area contributed by atoms with Crippen molar-refractivity contribution in [3.8, 4) is 11.4 Å². The monoisotopic (exact) mass is 325 g/mol. The van der Waals surface area contributed by atoms with Gasteiger partial charge in [0.15, 0.2) is 12.2 Å². The highest BCUT2D eigenvalue weighted by Crippen LogP contribution is 2.21. The van der Waals surface area contributed by atoms with Gasteiger partial charge in [0.25, 0.3) is 0 Å². The van der Waals surface area contributed by atoms with E-state index in [-0.39, 0.29) is 6.61 Å². The van der Waals surface area contributed by atoms with Crippen LogP contribution in [0.3, 0.4) is 0 Å². The van der Waals surface area contributed by atoms with Crippen molar-refractivity contribution in [1.82, 2.24) is 14.5 Å². The van der Waals surface area contributed by atoms with Crippen LogP contribution >= 0.6 is 11.6 Å². The first-order valence-corrected chi connectivity index (χ1v) is 7.43. The molecule has 0 bridgehead atoms. The summed E-state index contributed by atoms with van der Waals surface area (Å²) in [5, 5.41) is 0.560. The lowest BCUT2D eigenvalue weighted by Gasteiger charge is -2.06. The van der Waals surface area contributed by atoms with Gasteiger partial charge in [-0.05, 0) is 36.4 Å². The minimum Gasteiger partial charge on any atom is -0.484 e. The highest BCUT2D eigenvalue weighted by atomic mass is 35.5. The number of para-hydroxylation sites is 2. The van der Waals surface area contributed by atoms with Crippen LogP contribution < -0.4 is 4.74 Å². The summed E-state index contributed by atoms with van der Waals surface area (Å²) in [7, 11) is 0. The van der Waals surface area contributed by atoms with Crippen molar-refractivity contribution < 1.29 is 9.15 Å². The smallest absolute Gasteiger partial charge is 0.233 e. The number of fused-ring (bicyclic) bond motifs is 1. The summed E-state index contributed by atoms with van der Waals surface area (Å²) in [5.74, 6) is 1.28. The third-order valence-electron chi connectivity index (χ3n) is 3.41. The molecule has 4 aromatic rings. The Morgan fingerprint density at radius 3 is 2.65 bits per heavy atom. The fourth-order valence-corrected chi connectivity index (χ4v) is 2.50. The van der Waals surface area contributed by atoms with Gasteiger partial charge in [-0.15, -0.1) is 0 Å². The van der Waals surface area contributed by atoms with E-state index in [1.54, 1.807) is 17.1 Å². The second kappa shape index (κ2) is 5.78. The molecule has 6 heteroatoms. The molecule has 0 aliphatic heterocycles. The number of imidazole rings is 1. The summed E-state index contributed by atoms with van der Waals surface area (Å²) in [4.78, 5) is 8.37. The number of ether oxygens (including phenoxy) is 1.